The van der Waals surface area contributed by atoms with Crippen LogP contribution in [0.5, 0.6) is 0 Å². The van der Waals surface area contributed by atoms with Gasteiger partial charge in [0.2, 0.25) is 5.91 Å². The van der Waals surface area contributed by atoms with Gasteiger partial charge in [-0.1, -0.05) is 37.6 Å². The van der Waals surface area contributed by atoms with Crippen molar-refractivity contribution in [3.63, 3.8) is 0 Å². The monoisotopic (exact) mass is 309 g/mol. The normalized spacial score (nSPS) is 16.0. The molecule has 116 valence electrons. The molecule has 4 heteroatoms. The van der Waals surface area contributed by atoms with E-state index >= 15 is 0 Å². The highest BCUT2D eigenvalue weighted by atomic mass is 35.5. The van der Waals surface area contributed by atoms with Crippen molar-refractivity contribution in [1.29, 1.82) is 0 Å². The molecule has 1 saturated carbocycles. The fraction of sp³-hybridized carbons (Fsp3) is 0.588. The molecule has 1 amide bonds. The van der Waals surface area contributed by atoms with Crippen molar-refractivity contribution in [2.24, 2.45) is 5.92 Å². The van der Waals surface area contributed by atoms with Crippen LogP contribution in [0.4, 0.5) is 0 Å². The first-order valence-electron chi connectivity index (χ1n) is 7.67. The number of carbonyl (C=O) groups is 1. The van der Waals surface area contributed by atoms with Gasteiger partial charge in [0.15, 0.2) is 0 Å². The minimum absolute atomic E-state index is 0.119. The van der Waals surface area contributed by atoms with Gasteiger partial charge in [0.05, 0.1) is 5.41 Å². The summed E-state index contributed by atoms with van der Waals surface area (Å²) in [6.07, 6.45) is 2.66. The standard InChI is InChI=1S/C17H24ClNO2/c1-13(2)12-21-10-4-9-19-16(20)17(7-8-17)14-5-3-6-15(18)11-14/h3,5-6,11,13H,4,7-10,12H2,1-2H3,(H,19,20). The lowest BCUT2D eigenvalue weighted by molar-refractivity contribution is -0.123. The summed E-state index contributed by atoms with van der Waals surface area (Å²) < 4.78 is 5.51. The van der Waals surface area contributed by atoms with Crippen LogP contribution >= 0.6 is 11.6 Å². The number of amides is 1. The summed E-state index contributed by atoms with van der Waals surface area (Å²) in [6.45, 7) is 6.40. The third kappa shape index (κ3) is 4.45. The maximum absolute atomic E-state index is 12.4. The van der Waals surface area contributed by atoms with Crippen LogP contribution in [0, 0.1) is 5.92 Å². The molecular weight excluding hydrogens is 286 g/mol. The Hall–Kier alpha value is -1.06. The minimum atomic E-state index is -0.344. The number of nitrogens with one attached hydrogen (secondary N) is 1. The van der Waals surface area contributed by atoms with Gasteiger partial charge in [-0.25, -0.2) is 0 Å². The summed E-state index contributed by atoms with van der Waals surface area (Å²) in [5.74, 6) is 0.672. The van der Waals surface area contributed by atoms with E-state index in [0.717, 1.165) is 31.4 Å². The van der Waals surface area contributed by atoms with E-state index in [0.29, 0.717) is 24.1 Å². The molecule has 1 fully saturated rings. The second-order valence-electron chi connectivity index (χ2n) is 6.17. The van der Waals surface area contributed by atoms with E-state index in [1.54, 1.807) is 0 Å². The summed E-state index contributed by atoms with van der Waals surface area (Å²) in [7, 11) is 0. The minimum Gasteiger partial charge on any atom is -0.381 e. The molecule has 1 aliphatic carbocycles. The molecule has 0 aliphatic heterocycles. The van der Waals surface area contributed by atoms with Gasteiger partial charge in [0.1, 0.15) is 0 Å². The van der Waals surface area contributed by atoms with Gasteiger partial charge in [0, 0.05) is 24.8 Å². The number of ether oxygens (including phenoxy) is 1. The Morgan fingerprint density at radius 3 is 2.81 bits per heavy atom. The SMILES string of the molecule is CC(C)COCCCNC(=O)C1(c2cccc(Cl)c2)CC1. The predicted molar refractivity (Wildman–Crippen MR) is 85.6 cm³/mol. The van der Waals surface area contributed by atoms with Gasteiger partial charge < -0.3 is 10.1 Å². The van der Waals surface area contributed by atoms with E-state index in [-0.39, 0.29) is 11.3 Å². The number of hydrogen-bond donors (Lipinski definition) is 1. The highest BCUT2D eigenvalue weighted by Crippen LogP contribution is 2.48. The molecule has 0 spiro atoms. The Morgan fingerprint density at radius 1 is 1.43 bits per heavy atom. The average Bonchev–Trinajstić information content (AvgIpc) is 3.24. The molecule has 3 nitrogen and oxygen atoms in total. The van der Waals surface area contributed by atoms with E-state index in [9.17, 15) is 4.79 Å². The molecule has 0 heterocycles. The molecule has 0 radical (unpaired) electrons. The molecule has 2 rings (SSSR count). The van der Waals surface area contributed by atoms with Crippen LogP contribution in [0.25, 0.3) is 0 Å². The van der Waals surface area contributed by atoms with Crippen molar-refractivity contribution in [2.45, 2.75) is 38.5 Å². The molecule has 0 aromatic heterocycles. The van der Waals surface area contributed by atoms with Crippen LogP contribution in [0.3, 0.4) is 0 Å². The summed E-state index contributed by atoms with van der Waals surface area (Å²) in [5.41, 5.74) is 0.688. The van der Waals surface area contributed by atoms with Gasteiger partial charge in [-0.3, -0.25) is 4.79 Å². The maximum atomic E-state index is 12.4. The zero-order valence-electron chi connectivity index (χ0n) is 12.8. The number of halogens is 1. The first-order chi connectivity index (χ1) is 10.0. The van der Waals surface area contributed by atoms with Crippen molar-refractivity contribution in [3.8, 4) is 0 Å². The number of rotatable bonds is 8. The van der Waals surface area contributed by atoms with Crippen LogP contribution in [-0.2, 0) is 14.9 Å². The Kier molecular flexibility index (Phi) is 5.65. The number of carbonyl (C=O) groups excluding carboxylic acids is 1. The zero-order chi connectivity index (χ0) is 15.3. The highest BCUT2D eigenvalue weighted by Gasteiger charge is 2.51. The van der Waals surface area contributed by atoms with Crippen molar-refractivity contribution in [3.05, 3.63) is 34.9 Å². The molecule has 1 aliphatic rings. The Balaban J connectivity index is 1.76. The number of benzene rings is 1. The van der Waals surface area contributed by atoms with Gasteiger partial charge >= 0.3 is 0 Å². The van der Waals surface area contributed by atoms with E-state index in [1.165, 1.54) is 0 Å². The summed E-state index contributed by atoms with van der Waals surface area (Å²) >= 11 is 6.02. The van der Waals surface area contributed by atoms with E-state index < -0.39 is 0 Å². The number of hydrogen-bond acceptors (Lipinski definition) is 2. The van der Waals surface area contributed by atoms with Crippen molar-refractivity contribution < 1.29 is 9.53 Å². The van der Waals surface area contributed by atoms with Crippen molar-refractivity contribution in [1.82, 2.24) is 5.32 Å². The maximum Gasteiger partial charge on any atom is 0.230 e. The Morgan fingerprint density at radius 2 is 2.19 bits per heavy atom. The van der Waals surface area contributed by atoms with Crippen LogP contribution in [0.1, 0.15) is 38.7 Å². The van der Waals surface area contributed by atoms with Crippen molar-refractivity contribution in [2.75, 3.05) is 19.8 Å². The molecule has 1 N–H and O–H groups in total. The lowest BCUT2D eigenvalue weighted by atomic mass is 9.95. The van der Waals surface area contributed by atoms with Crippen LogP contribution in [0.2, 0.25) is 5.02 Å². The van der Waals surface area contributed by atoms with Crippen molar-refractivity contribution >= 4 is 17.5 Å². The van der Waals surface area contributed by atoms with E-state index in [2.05, 4.69) is 19.2 Å². The molecule has 1 aromatic carbocycles. The highest BCUT2D eigenvalue weighted by molar-refractivity contribution is 6.30. The van der Waals surface area contributed by atoms with Gasteiger partial charge in [-0.2, -0.15) is 0 Å². The third-order valence-electron chi connectivity index (χ3n) is 3.76. The van der Waals surface area contributed by atoms with E-state index in [1.807, 2.05) is 24.3 Å². The molecule has 0 saturated heterocycles. The molecule has 21 heavy (non-hydrogen) atoms. The van der Waals surface area contributed by atoms with Crippen LogP contribution in [-0.4, -0.2) is 25.7 Å². The topological polar surface area (TPSA) is 38.3 Å². The van der Waals surface area contributed by atoms with E-state index in [4.69, 9.17) is 16.3 Å². The Labute approximate surface area is 132 Å². The average molecular weight is 310 g/mol. The molecule has 1 aromatic rings. The molecule has 0 unspecified atom stereocenters. The Bertz CT molecular complexity index is 483. The lowest BCUT2D eigenvalue weighted by Crippen LogP contribution is -2.35. The lowest BCUT2D eigenvalue weighted by Gasteiger charge is -2.16. The van der Waals surface area contributed by atoms with Crippen LogP contribution < -0.4 is 5.32 Å². The second kappa shape index (κ2) is 7.28. The molecule has 0 atom stereocenters. The summed E-state index contributed by atoms with van der Waals surface area (Å²) in [5, 5.41) is 3.72. The fourth-order valence-corrected chi connectivity index (χ4v) is 2.61. The predicted octanol–water partition coefficient (Wildman–Crippen LogP) is 3.55. The molecule has 0 bridgehead atoms. The second-order valence-corrected chi connectivity index (χ2v) is 6.61. The summed E-state index contributed by atoms with van der Waals surface area (Å²) in [4.78, 5) is 12.4. The largest absolute Gasteiger partial charge is 0.381 e. The quantitative estimate of drug-likeness (QED) is 0.746. The first kappa shape index (κ1) is 16.3. The van der Waals surface area contributed by atoms with Gasteiger partial charge in [-0.15, -0.1) is 0 Å². The van der Waals surface area contributed by atoms with Gasteiger partial charge in [-0.05, 0) is 42.9 Å². The smallest absolute Gasteiger partial charge is 0.230 e. The fourth-order valence-electron chi connectivity index (χ4n) is 2.42. The summed E-state index contributed by atoms with van der Waals surface area (Å²) in [6, 6.07) is 7.64. The molecular formula is C17H24ClNO2. The first-order valence-corrected chi connectivity index (χ1v) is 8.04. The third-order valence-corrected chi connectivity index (χ3v) is 4.00. The van der Waals surface area contributed by atoms with Gasteiger partial charge in [0.25, 0.3) is 0 Å². The van der Waals surface area contributed by atoms with Crippen LogP contribution in [0.15, 0.2) is 24.3 Å². The zero-order valence-corrected chi connectivity index (χ0v) is 13.6.